The van der Waals surface area contributed by atoms with Gasteiger partial charge >= 0.3 is 0 Å². The summed E-state index contributed by atoms with van der Waals surface area (Å²) in [7, 11) is -3.68. The van der Waals surface area contributed by atoms with E-state index in [4.69, 9.17) is 4.52 Å². The van der Waals surface area contributed by atoms with E-state index in [2.05, 4.69) is 20.2 Å². The first-order chi connectivity index (χ1) is 13.2. The van der Waals surface area contributed by atoms with Crippen molar-refractivity contribution in [2.75, 3.05) is 0 Å². The Hall–Kier alpha value is -2.26. The fraction of sp³-hybridized carbons (Fsp3) is 0.526. The summed E-state index contributed by atoms with van der Waals surface area (Å²) in [6, 6.07) is 5.78. The maximum Gasteiger partial charge on any atom is 0.252 e. The van der Waals surface area contributed by atoms with Gasteiger partial charge in [-0.3, -0.25) is 4.79 Å². The third kappa shape index (κ3) is 4.41. The van der Waals surface area contributed by atoms with Crippen LogP contribution in [0.15, 0.2) is 33.7 Å². The molecule has 2 aromatic rings. The van der Waals surface area contributed by atoms with Crippen LogP contribution < -0.4 is 10.0 Å². The van der Waals surface area contributed by atoms with E-state index in [1.807, 2.05) is 0 Å². The lowest BCUT2D eigenvalue weighted by molar-refractivity contribution is 0.0855. The number of amides is 1. The summed E-state index contributed by atoms with van der Waals surface area (Å²) in [6.07, 6.45) is 4.40. The minimum atomic E-state index is -3.68. The van der Waals surface area contributed by atoms with E-state index >= 15 is 0 Å². The second-order valence-electron chi connectivity index (χ2n) is 7.54. The van der Waals surface area contributed by atoms with E-state index < -0.39 is 15.6 Å². The lowest BCUT2D eigenvalue weighted by atomic mass is 9.80. The van der Waals surface area contributed by atoms with E-state index in [1.54, 1.807) is 32.9 Å². The Morgan fingerprint density at radius 2 is 1.93 bits per heavy atom. The number of hydrogen-bond acceptors (Lipinski definition) is 6. The van der Waals surface area contributed by atoms with Gasteiger partial charge in [-0.1, -0.05) is 30.5 Å². The van der Waals surface area contributed by atoms with E-state index in [0.29, 0.717) is 24.6 Å². The van der Waals surface area contributed by atoms with Crippen LogP contribution in [-0.2, 0) is 15.6 Å². The lowest BCUT2D eigenvalue weighted by Crippen LogP contribution is -2.48. The second kappa shape index (κ2) is 8.00. The van der Waals surface area contributed by atoms with Crippen molar-refractivity contribution in [2.45, 2.75) is 69.4 Å². The van der Waals surface area contributed by atoms with Crippen molar-refractivity contribution in [1.82, 2.24) is 20.2 Å². The van der Waals surface area contributed by atoms with Crippen LogP contribution in [-0.4, -0.2) is 30.5 Å². The molecular formula is C19H26N4O4S. The minimum Gasteiger partial charge on any atom is -0.340 e. The highest BCUT2D eigenvalue weighted by Gasteiger charge is 2.40. The van der Waals surface area contributed by atoms with Crippen molar-refractivity contribution in [1.29, 1.82) is 0 Å². The lowest BCUT2D eigenvalue weighted by Gasteiger charge is -2.35. The number of sulfonamides is 1. The van der Waals surface area contributed by atoms with Crippen LogP contribution >= 0.6 is 0 Å². The molecule has 0 aliphatic heterocycles. The molecule has 1 saturated carbocycles. The number of nitrogens with zero attached hydrogens (tertiary/aromatic N) is 2. The zero-order chi connectivity index (χ0) is 20.4. The second-order valence-corrected chi connectivity index (χ2v) is 9.25. The number of carbonyl (C=O) groups is 1. The summed E-state index contributed by atoms with van der Waals surface area (Å²) in [5.41, 5.74) is -0.421. The summed E-state index contributed by atoms with van der Waals surface area (Å²) in [5, 5.41) is 7.10. The summed E-state index contributed by atoms with van der Waals surface area (Å²) in [4.78, 5) is 17.4. The predicted octanol–water partition coefficient (Wildman–Crippen LogP) is 2.65. The molecule has 0 unspecified atom stereocenters. The minimum absolute atomic E-state index is 0.0574. The van der Waals surface area contributed by atoms with Crippen molar-refractivity contribution in [2.24, 2.45) is 0 Å². The molecule has 1 aromatic carbocycles. The van der Waals surface area contributed by atoms with Gasteiger partial charge in [-0.25, -0.2) is 13.1 Å². The van der Waals surface area contributed by atoms with Gasteiger partial charge in [0, 0.05) is 18.5 Å². The first-order valence-electron chi connectivity index (χ1n) is 9.48. The van der Waals surface area contributed by atoms with Crippen molar-refractivity contribution < 1.29 is 17.7 Å². The standard InChI is InChI=1S/C19H26N4O4S/c1-13(2)23-28(25,26)16-9-7-8-15(12-16)17(24)21-19(10-5-4-6-11-19)18-20-14(3)27-22-18/h7-9,12-13,23H,4-6,10-11H2,1-3H3,(H,21,24). The Bertz CT molecular complexity index is 946. The number of nitrogens with one attached hydrogen (secondary N) is 2. The monoisotopic (exact) mass is 406 g/mol. The third-order valence-electron chi connectivity index (χ3n) is 4.81. The molecule has 0 bridgehead atoms. The van der Waals surface area contributed by atoms with E-state index in [-0.39, 0.29) is 22.4 Å². The third-order valence-corrected chi connectivity index (χ3v) is 6.47. The Balaban J connectivity index is 1.88. The van der Waals surface area contributed by atoms with Crippen LogP contribution in [0.5, 0.6) is 0 Å². The predicted molar refractivity (Wildman–Crippen MR) is 103 cm³/mol. The SMILES string of the molecule is Cc1nc(C2(NC(=O)c3cccc(S(=O)(=O)NC(C)C)c3)CCCCC2)no1. The molecule has 28 heavy (non-hydrogen) atoms. The molecule has 0 radical (unpaired) electrons. The first kappa shape index (κ1) is 20.5. The first-order valence-corrected chi connectivity index (χ1v) is 11.0. The van der Waals surface area contributed by atoms with Crippen LogP contribution in [0.4, 0.5) is 0 Å². The van der Waals surface area contributed by atoms with Crippen LogP contribution in [0.25, 0.3) is 0 Å². The van der Waals surface area contributed by atoms with Gasteiger partial charge in [0.2, 0.25) is 15.9 Å². The molecule has 0 saturated heterocycles. The Morgan fingerprint density at radius 1 is 1.21 bits per heavy atom. The van der Waals surface area contributed by atoms with Gasteiger partial charge in [0.1, 0.15) is 5.54 Å². The van der Waals surface area contributed by atoms with Gasteiger partial charge < -0.3 is 9.84 Å². The van der Waals surface area contributed by atoms with Gasteiger partial charge in [-0.15, -0.1) is 0 Å². The molecule has 2 N–H and O–H groups in total. The molecule has 9 heteroatoms. The van der Waals surface area contributed by atoms with E-state index in [9.17, 15) is 13.2 Å². The van der Waals surface area contributed by atoms with Gasteiger partial charge in [-0.2, -0.15) is 4.98 Å². The maximum absolute atomic E-state index is 13.0. The Labute approximate surface area is 165 Å². The summed E-state index contributed by atoms with van der Waals surface area (Å²) >= 11 is 0. The quantitative estimate of drug-likeness (QED) is 0.762. The molecule has 1 aliphatic rings. The average molecular weight is 407 g/mol. The molecule has 8 nitrogen and oxygen atoms in total. The van der Waals surface area contributed by atoms with Crippen molar-refractivity contribution >= 4 is 15.9 Å². The summed E-state index contributed by atoms with van der Waals surface area (Å²) in [6.45, 7) is 5.20. The molecule has 1 heterocycles. The normalized spacial score (nSPS) is 16.9. The van der Waals surface area contributed by atoms with Crippen LogP contribution in [0.3, 0.4) is 0 Å². The summed E-state index contributed by atoms with van der Waals surface area (Å²) < 4.78 is 32.5. The number of aromatic nitrogens is 2. The number of aryl methyl sites for hydroxylation is 1. The van der Waals surface area contributed by atoms with Crippen LogP contribution in [0.2, 0.25) is 0 Å². The molecule has 0 spiro atoms. The van der Waals surface area contributed by atoms with Crippen molar-refractivity contribution in [3.63, 3.8) is 0 Å². The van der Waals surface area contributed by atoms with Crippen molar-refractivity contribution in [3.05, 3.63) is 41.5 Å². The highest BCUT2D eigenvalue weighted by Crippen LogP contribution is 2.36. The zero-order valence-electron chi connectivity index (χ0n) is 16.4. The van der Waals surface area contributed by atoms with Crippen LogP contribution in [0, 0.1) is 6.92 Å². The highest BCUT2D eigenvalue weighted by atomic mass is 32.2. The molecule has 1 fully saturated rings. The van der Waals surface area contributed by atoms with Crippen molar-refractivity contribution in [3.8, 4) is 0 Å². The number of rotatable bonds is 6. The van der Waals surface area contributed by atoms with E-state index in [0.717, 1.165) is 19.3 Å². The fourth-order valence-electron chi connectivity index (χ4n) is 3.53. The fourth-order valence-corrected chi connectivity index (χ4v) is 4.82. The highest BCUT2D eigenvalue weighted by molar-refractivity contribution is 7.89. The van der Waals surface area contributed by atoms with Gasteiger partial charge in [-0.05, 0) is 44.9 Å². The zero-order valence-corrected chi connectivity index (χ0v) is 17.2. The molecule has 1 aliphatic carbocycles. The summed E-state index contributed by atoms with van der Waals surface area (Å²) in [5.74, 6) is 0.566. The number of hydrogen-bond donors (Lipinski definition) is 2. The number of carbonyl (C=O) groups excluding carboxylic acids is 1. The molecular weight excluding hydrogens is 380 g/mol. The molecule has 1 amide bonds. The Kier molecular flexibility index (Phi) is 5.85. The molecule has 0 atom stereocenters. The van der Waals surface area contributed by atoms with Gasteiger partial charge in [0.25, 0.3) is 5.91 Å². The molecule has 1 aromatic heterocycles. The van der Waals surface area contributed by atoms with Crippen LogP contribution in [0.1, 0.15) is 68.0 Å². The smallest absolute Gasteiger partial charge is 0.252 e. The maximum atomic E-state index is 13.0. The number of benzene rings is 1. The largest absolute Gasteiger partial charge is 0.340 e. The molecule has 152 valence electrons. The Morgan fingerprint density at radius 3 is 2.54 bits per heavy atom. The average Bonchev–Trinajstić information content (AvgIpc) is 3.09. The topological polar surface area (TPSA) is 114 Å². The van der Waals surface area contributed by atoms with Gasteiger partial charge in [0.15, 0.2) is 5.82 Å². The van der Waals surface area contributed by atoms with E-state index in [1.165, 1.54) is 12.1 Å². The molecule has 3 rings (SSSR count). The van der Waals surface area contributed by atoms with Gasteiger partial charge in [0.05, 0.1) is 4.90 Å².